The van der Waals surface area contributed by atoms with Crippen molar-refractivity contribution in [2.24, 2.45) is 0 Å². The molecular formula is C6H12O3. The highest BCUT2D eigenvalue weighted by Gasteiger charge is 2.30. The molecule has 0 radical (unpaired) electrons. The van der Waals surface area contributed by atoms with Gasteiger partial charge in [0.05, 0.1) is 6.10 Å². The minimum atomic E-state index is -0.718. The van der Waals surface area contributed by atoms with Gasteiger partial charge >= 0.3 is 0 Å². The van der Waals surface area contributed by atoms with Gasteiger partial charge in [-0.2, -0.15) is 0 Å². The highest BCUT2D eigenvalue weighted by Crippen LogP contribution is 2.19. The Morgan fingerprint density at radius 2 is 2.33 bits per heavy atom. The van der Waals surface area contributed by atoms with Crippen LogP contribution in [0.2, 0.25) is 0 Å². The maximum Gasteiger partial charge on any atom is 0.181 e. The Kier molecular flexibility index (Phi) is 2.05. The average molecular weight is 132 g/mol. The Morgan fingerprint density at radius 1 is 1.67 bits per heavy atom. The van der Waals surface area contributed by atoms with Crippen molar-refractivity contribution in [3.8, 4) is 0 Å². The summed E-state index contributed by atoms with van der Waals surface area (Å²) in [6.45, 7) is 1.92. The van der Waals surface area contributed by atoms with E-state index in [1.54, 1.807) is 7.11 Å². The Labute approximate surface area is 54.6 Å². The summed E-state index contributed by atoms with van der Waals surface area (Å²) in [7, 11) is 1.58. The fourth-order valence-corrected chi connectivity index (χ4v) is 1.04. The van der Waals surface area contributed by atoms with Crippen LogP contribution in [0.3, 0.4) is 0 Å². The van der Waals surface area contributed by atoms with E-state index >= 15 is 0 Å². The minimum absolute atomic E-state index is 0.125. The van der Waals surface area contributed by atoms with Crippen LogP contribution in [0.25, 0.3) is 0 Å². The lowest BCUT2D eigenvalue weighted by molar-refractivity contribution is -0.131. The van der Waals surface area contributed by atoms with Crippen LogP contribution in [0.4, 0.5) is 0 Å². The van der Waals surface area contributed by atoms with Crippen LogP contribution in [-0.4, -0.2) is 30.7 Å². The molecule has 1 fully saturated rings. The first-order valence-corrected chi connectivity index (χ1v) is 3.10. The highest BCUT2D eigenvalue weighted by molar-refractivity contribution is 4.73. The summed E-state index contributed by atoms with van der Waals surface area (Å²) < 4.78 is 9.91. The fourth-order valence-electron chi connectivity index (χ4n) is 1.04. The summed E-state index contributed by atoms with van der Waals surface area (Å²) in [5.74, 6) is 0. The summed E-state index contributed by atoms with van der Waals surface area (Å²) in [4.78, 5) is 0. The van der Waals surface area contributed by atoms with E-state index in [-0.39, 0.29) is 12.2 Å². The molecule has 1 aliphatic rings. The molecule has 1 heterocycles. The van der Waals surface area contributed by atoms with Gasteiger partial charge in [0.25, 0.3) is 0 Å². The minimum Gasteiger partial charge on any atom is -0.376 e. The van der Waals surface area contributed by atoms with Gasteiger partial charge in [-0.1, -0.05) is 0 Å². The van der Waals surface area contributed by atoms with Crippen molar-refractivity contribution >= 4 is 0 Å². The van der Waals surface area contributed by atoms with Crippen molar-refractivity contribution in [1.82, 2.24) is 0 Å². The summed E-state index contributed by atoms with van der Waals surface area (Å²) >= 11 is 0. The van der Waals surface area contributed by atoms with Crippen LogP contribution >= 0.6 is 0 Å². The van der Waals surface area contributed by atoms with Crippen LogP contribution in [0.5, 0.6) is 0 Å². The molecule has 9 heavy (non-hydrogen) atoms. The summed E-state index contributed by atoms with van der Waals surface area (Å²) in [5.41, 5.74) is 0. The number of hydrogen-bond donors (Lipinski definition) is 1. The molecule has 0 aromatic carbocycles. The first kappa shape index (κ1) is 6.99. The maximum atomic E-state index is 9.01. The fraction of sp³-hybridized carbons (Fsp3) is 1.00. The third-order valence-electron chi connectivity index (χ3n) is 1.56. The van der Waals surface area contributed by atoms with E-state index in [1.165, 1.54) is 0 Å². The van der Waals surface area contributed by atoms with Gasteiger partial charge < -0.3 is 14.6 Å². The Morgan fingerprint density at radius 3 is 2.56 bits per heavy atom. The predicted molar refractivity (Wildman–Crippen MR) is 32.0 cm³/mol. The van der Waals surface area contributed by atoms with E-state index in [2.05, 4.69) is 0 Å². The van der Waals surface area contributed by atoms with Crippen LogP contribution in [0.1, 0.15) is 13.3 Å². The van der Waals surface area contributed by atoms with Crippen molar-refractivity contribution in [3.63, 3.8) is 0 Å². The summed E-state index contributed by atoms with van der Waals surface area (Å²) in [5, 5.41) is 9.01. The molecule has 1 rings (SSSR count). The highest BCUT2D eigenvalue weighted by atomic mass is 16.6. The molecule has 54 valence electrons. The monoisotopic (exact) mass is 132 g/mol. The van der Waals surface area contributed by atoms with E-state index in [0.29, 0.717) is 0 Å². The summed E-state index contributed by atoms with van der Waals surface area (Å²) in [6.07, 6.45) is 0.0763. The zero-order chi connectivity index (χ0) is 6.85. The summed E-state index contributed by atoms with van der Waals surface area (Å²) in [6, 6.07) is 0. The van der Waals surface area contributed by atoms with Gasteiger partial charge in [-0.05, 0) is 6.92 Å². The van der Waals surface area contributed by atoms with Gasteiger partial charge in [-0.15, -0.1) is 0 Å². The van der Waals surface area contributed by atoms with Gasteiger partial charge in [0.1, 0.15) is 6.10 Å². The quantitative estimate of drug-likeness (QED) is 0.551. The van der Waals surface area contributed by atoms with Gasteiger partial charge in [0, 0.05) is 13.5 Å². The molecule has 0 amide bonds. The van der Waals surface area contributed by atoms with Gasteiger partial charge in [-0.25, -0.2) is 0 Å². The van der Waals surface area contributed by atoms with Crippen molar-refractivity contribution in [1.29, 1.82) is 0 Å². The van der Waals surface area contributed by atoms with Crippen molar-refractivity contribution < 1.29 is 14.6 Å². The lowest BCUT2D eigenvalue weighted by Gasteiger charge is -2.08. The van der Waals surface area contributed by atoms with Crippen LogP contribution in [0, 0.1) is 0 Å². The smallest absolute Gasteiger partial charge is 0.181 e. The van der Waals surface area contributed by atoms with Gasteiger partial charge in [0.2, 0.25) is 0 Å². The largest absolute Gasteiger partial charge is 0.376 e. The van der Waals surface area contributed by atoms with Crippen molar-refractivity contribution in [2.75, 3.05) is 7.11 Å². The Balaban J connectivity index is 2.38. The SMILES string of the molecule is COC1CC(C)OC1O. The van der Waals surface area contributed by atoms with E-state index in [1.807, 2.05) is 6.92 Å². The molecule has 0 aliphatic carbocycles. The first-order chi connectivity index (χ1) is 4.24. The number of hydrogen-bond acceptors (Lipinski definition) is 3. The second-order valence-electron chi connectivity index (χ2n) is 2.35. The van der Waals surface area contributed by atoms with E-state index in [0.717, 1.165) is 6.42 Å². The van der Waals surface area contributed by atoms with Crippen molar-refractivity contribution in [2.45, 2.75) is 31.8 Å². The second kappa shape index (κ2) is 2.64. The maximum absolute atomic E-state index is 9.01. The zero-order valence-corrected chi connectivity index (χ0v) is 5.70. The molecule has 3 unspecified atom stereocenters. The van der Waals surface area contributed by atoms with Gasteiger partial charge in [0.15, 0.2) is 6.29 Å². The van der Waals surface area contributed by atoms with Gasteiger partial charge in [-0.3, -0.25) is 0 Å². The predicted octanol–water partition coefficient (Wildman–Crippen LogP) is 0.129. The van der Waals surface area contributed by atoms with E-state index < -0.39 is 6.29 Å². The third-order valence-corrected chi connectivity index (χ3v) is 1.56. The molecule has 1 aliphatic heterocycles. The lowest BCUT2D eigenvalue weighted by Crippen LogP contribution is -2.21. The van der Waals surface area contributed by atoms with Crippen LogP contribution < -0.4 is 0 Å². The average Bonchev–Trinajstić information content (AvgIpc) is 2.10. The number of aliphatic hydroxyl groups is 1. The molecule has 3 heteroatoms. The molecule has 0 bridgehead atoms. The number of aliphatic hydroxyl groups excluding tert-OH is 1. The molecule has 1 saturated heterocycles. The van der Waals surface area contributed by atoms with Crippen LogP contribution in [0.15, 0.2) is 0 Å². The topological polar surface area (TPSA) is 38.7 Å². The molecule has 0 aromatic heterocycles. The molecule has 0 saturated carbocycles. The Bertz CT molecular complexity index is 94.3. The zero-order valence-electron chi connectivity index (χ0n) is 5.70. The van der Waals surface area contributed by atoms with E-state index in [4.69, 9.17) is 14.6 Å². The number of ether oxygens (including phenoxy) is 2. The molecule has 3 nitrogen and oxygen atoms in total. The first-order valence-electron chi connectivity index (χ1n) is 3.10. The Hall–Kier alpha value is -0.120. The lowest BCUT2D eigenvalue weighted by atomic mass is 10.2. The molecular weight excluding hydrogens is 120 g/mol. The molecule has 0 spiro atoms. The molecule has 0 aromatic rings. The third kappa shape index (κ3) is 1.41. The van der Waals surface area contributed by atoms with Crippen LogP contribution in [-0.2, 0) is 9.47 Å². The number of rotatable bonds is 1. The molecule has 1 N–H and O–H groups in total. The molecule has 3 atom stereocenters. The number of methoxy groups -OCH3 is 1. The normalized spacial score (nSPS) is 43.7. The van der Waals surface area contributed by atoms with E-state index in [9.17, 15) is 0 Å². The standard InChI is InChI=1S/C6H12O3/c1-4-3-5(8-2)6(7)9-4/h4-7H,3H2,1-2H3. The second-order valence-corrected chi connectivity index (χ2v) is 2.35. The van der Waals surface area contributed by atoms with Crippen molar-refractivity contribution in [3.05, 3.63) is 0 Å².